The Balaban J connectivity index is 1.96. The molecule has 0 radical (unpaired) electrons. The average Bonchev–Trinajstić information content (AvgIpc) is 2.95. The first kappa shape index (κ1) is 18.5. The Hall–Kier alpha value is -2.26. The number of aryl methyl sites for hydroxylation is 1. The molecule has 0 spiro atoms. The standard InChI is InChI=1S/C17H21N3O5S/c1-5-25-11-6-17(14(23)24,16(11,3)4)19-12(21)10-7-18-15-20(13(10)22)9(2)8-26-15/h7-8,11H,5-6H2,1-4H3,(H,19,21)(H,23,24). The molecule has 2 aromatic heterocycles. The van der Waals surface area contributed by atoms with Gasteiger partial charge in [0.15, 0.2) is 4.96 Å². The molecule has 140 valence electrons. The van der Waals surface area contributed by atoms with Crippen LogP contribution in [0.25, 0.3) is 4.96 Å². The van der Waals surface area contributed by atoms with Gasteiger partial charge in [-0.05, 0) is 13.8 Å². The highest BCUT2D eigenvalue weighted by molar-refractivity contribution is 7.15. The number of carboxylic acids is 1. The summed E-state index contributed by atoms with van der Waals surface area (Å²) < 4.78 is 6.93. The number of thiazole rings is 1. The minimum absolute atomic E-state index is 0.142. The number of aromatic nitrogens is 2. The molecule has 9 heteroatoms. The van der Waals surface area contributed by atoms with Crippen LogP contribution in [-0.4, -0.2) is 44.6 Å². The second-order valence-electron chi connectivity index (χ2n) is 7.01. The fourth-order valence-corrected chi connectivity index (χ4v) is 4.31. The number of rotatable bonds is 5. The molecule has 1 saturated carbocycles. The Labute approximate surface area is 153 Å². The van der Waals surface area contributed by atoms with Gasteiger partial charge in [-0.2, -0.15) is 0 Å². The largest absolute Gasteiger partial charge is 0.479 e. The summed E-state index contributed by atoms with van der Waals surface area (Å²) in [4.78, 5) is 42.0. The summed E-state index contributed by atoms with van der Waals surface area (Å²) in [5, 5.41) is 14.1. The van der Waals surface area contributed by atoms with E-state index in [-0.39, 0.29) is 18.1 Å². The number of fused-ring (bicyclic) bond motifs is 1. The first-order chi connectivity index (χ1) is 12.2. The van der Waals surface area contributed by atoms with Crippen molar-refractivity contribution in [1.29, 1.82) is 0 Å². The van der Waals surface area contributed by atoms with E-state index in [2.05, 4.69) is 10.3 Å². The van der Waals surface area contributed by atoms with Crippen LogP contribution in [0.5, 0.6) is 0 Å². The van der Waals surface area contributed by atoms with E-state index < -0.39 is 28.4 Å². The third-order valence-electron chi connectivity index (χ3n) is 5.32. The van der Waals surface area contributed by atoms with Crippen LogP contribution < -0.4 is 10.9 Å². The van der Waals surface area contributed by atoms with Gasteiger partial charge in [-0.3, -0.25) is 14.0 Å². The summed E-state index contributed by atoms with van der Waals surface area (Å²) >= 11 is 1.30. The van der Waals surface area contributed by atoms with Gasteiger partial charge in [0.05, 0.1) is 6.10 Å². The van der Waals surface area contributed by atoms with Crippen LogP contribution in [0.4, 0.5) is 0 Å². The van der Waals surface area contributed by atoms with Crippen molar-refractivity contribution in [3.63, 3.8) is 0 Å². The van der Waals surface area contributed by atoms with Crippen molar-refractivity contribution in [2.45, 2.75) is 45.8 Å². The first-order valence-electron chi connectivity index (χ1n) is 8.29. The first-order valence-corrected chi connectivity index (χ1v) is 9.17. The van der Waals surface area contributed by atoms with E-state index >= 15 is 0 Å². The molecule has 2 atom stereocenters. The van der Waals surface area contributed by atoms with Gasteiger partial charge in [0.25, 0.3) is 11.5 Å². The van der Waals surface area contributed by atoms with Gasteiger partial charge in [0, 0.05) is 35.7 Å². The molecule has 3 rings (SSSR count). The van der Waals surface area contributed by atoms with Crippen molar-refractivity contribution in [2.75, 3.05) is 6.61 Å². The van der Waals surface area contributed by atoms with Crippen molar-refractivity contribution < 1.29 is 19.4 Å². The Bertz CT molecular complexity index is 948. The summed E-state index contributed by atoms with van der Waals surface area (Å²) in [5.41, 5.74) is -2.34. The molecule has 0 aromatic carbocycles. The zero-order chi connectivity index (χ0) is 19.3. The van der Waals surface area contributed by atoms with Crippen LogP contribution in [0.15, 0.2) is 16.4 Å². The van der Waals surface area contributed by atoms with Crippen LogP contribution in [0, 0.1) is 12.3 Å². The molecule has 8 nitrogen and oxygen atoms in total. The fourth-order valence-electron chi connectivity index (χ4n) is 3.48. The molecule has 1 aliphatic rings. The third-order valence-corrected chi connectivity index (χ3v) is 6.28. The van der Waals surface area contributed by atoms with Gasteiger partial charge in [0.1, 0.15) is 11.1 Å². The molecule has 2 aromatic rings. The number of nitrogens with one attached hydrogen (secondary N) is 1. The lowest BCUT2D eigenvalue weighted by Gasteiger charge is -2.58. The van der Waals surface area contributed by atoms with Crippen LogP contribution in [0.1, 0.15) is 43.2 Å². The lowest BCUT2D eigenvalue weighted by molar-refractivity contribution is -0.190. The second kappa shape index (κ2) is 6.17. The molecule has 1 amide bonds. The Morgan fingerprint density at radius 1 is 1.50 bits per heavy atom. The van der Waals surface area contributed by atoms with Crippen LogP contribution in [0.3, 0.4) is 0 Å². The third kappa shape index (κ3) is 2.45. The number of aliphatic carboxylic acids is 1. The number of nitrogens with zero attached hydrogens (tertiary/aromatic N) is 2. The maximum Gasteiger partial charge on any atom is 0.330 e. The number of carboxylic acid groups (broad SMARTS) is 1. The van der Waals surface area contributed by atoms with E-state index in [1.54, 1.807) is 26.2 Å². The number of carbonyl (C=O) groups excluding carboxylic acids is 1. The molecule has 0 aliphatic heterocycles. The summed E-state index contributed by atoms with van der Waals surface area (Å²) in [6.45, 7) is 7.51. The molecular weight excluding hydrogens is 358 g/mol. The predicted octanol–water partition coefficient (Wildman–Crippen LogP) is 1.45. The SMILES string of the molecule is CCOC1CC(NC(=O)c2cnc3scc(C)n3c2=O)(C(=O)O)C1(C)C. The zero-order valence-electron chi connectivity index (χ0n) is 15.0. The van der Waals surface area contributed by atoms with Gasteiger partial charge in [-0.15, -0.1) is 11.3 Å². The van der Waals surface area contributed by atoms with Crippen molar-refractivity contribution >= 4 is 28.2 Å². The number of ether oxygens (including phenoxy) is 1. The summed E-state index contributed by atoms with van der Waals surface area (Å²) in [6.07, 6.45) is 1.05. The van der Waals surface area contributed by atoms with Crippen molar-refractivity contribution in [3.05, 3.63) is 33.2 Å². The fraction of sp³-hybridized carbons (Fsp3) is 0.529. The highest BCUT2D eigenvalue weighted by atomic mass is 32.1. The van der Waals surface area contributed by atoms with Gasteiger partial charge in [-0.1, -0.05) is 13.8 Å². The van der Waals surface area contributed by atoms with Gasteiger partial charge >= 0.3 is 5.97 Å². The molecular formula is C17H21N3O5S. The smallest absolute Gasteiger partial charge is 0.330 e. The van der Waals surface area contributed by atoms with Crippen molar-refractivity contribution in [3.8, 4) is 0 Å². The lowest BCUT2D eigenvalue weighted by atomic mass is 9.54. The van der Waals surface area contributed by atoms with E-state index in [0.29, 0.717) is 17.3 Å². The van der Waals surface area contributed by atoms with Gasteiger partial charge in [-0.25, -0.2) is 9.78 Å². The van der Waals surface area contributed by atoms with Gasteiger partial charge in [0.2, 0.25) is 0 Å². The van der Waals surface area contributed by atoms with E-state index in [1.165, 1.54) is 21.9 Å². The lowest BCUT2D eigenvalue weighted by Crippen LogP contribution is -2.76. The van der Waals surface area contributed by atoms with E-state index in [0.717, 1.165) is 0 Å². The molecule has 1 aliphatic carbocycles. The highest BCUT2D eigenvalue weighted by Gasteiger charge is 2.66. The zero-order valence-corrected chi connectivity index (χ0v) is 15.8. The summed E-state index contributed by atoms with van der Waals surface area (Å²) in [6, 6.07) is 0. The Morgan fingerprint density at radius 3 is 2.77 bits per heavy atom. The van der Waals surface area contributed by atoms with Crippen LogP contribution in [-0.2, 0) is 9.53 Å². The quantitative estimate of drug-likeness (QED) is 0.814. The minimum atomic E-state index is -1.50. The number of carbonyl (C=O) groups is 2. The van der Waals surface area contributed by atoms with Crippen molar-refractivity contribution in [1.82, 2.24) is 14.7 Å². The molecule has 0 saturated heterocycles. The van der Waals surface area contributed by atoms with Crippen molar-refractivity contribution in [2.24, 2.45) is 5.41 Å². The topological polar surface area (TPSA) is 110 Å². The number of hydrogen-bond donors (Lipinski definition) is 2. The predicted molar refractivity (Wildman–Crippen MR) is 95.7 cm³/mol. The normalized spacial score (nSPS) is 24.2. The Morgan fingerprint density at radius 2 is 2.19 bits per heavy atom. The van der Waals surface area contributed by atoms with E-state index in [9.17, 15) is 19.5 Å². The molecule has 2 heterocycles. The van der Waals surface area contributed by atoms with Gasteiger partial charge < -0.3 is 15.2 Å². The molecule has 0 bridgehead atoms. The van der Waals surface area contributed by atoms with Crippen LogP contribution in [0.2, 0.25) is 0 Å². The maximum atomic E-state index is 12.7. The monoisotopic (exact) mass is 379 g/mol. The molecule has 1 fully saturated rings. The Kier molecular flexibility index (Phi) is 4.40. The second-order valence-corrected chi connectivity index (χ2v) is 7.84. The van der Waals surface area contributed by atoms with E-state index in [1.807, 2.05) is 6.92 Å². The maximum absolute atomic E-state index is 12.7. The highest BCUT2D eigenvalue weighted by Crippen LogP contribution is 2.51. The van der Waals surface area contributed by atoms with E-state index in [4.69, 9.17) is 4.74 Å². The summed E-state index contributed by atoms with van der Waals surface area (Å²) in [7, 11) is 0. The summed E-state index contributed by atoms with van der Waals surface area (Å²) in [5.74, 6) is -1.89. The molecule has 2 N–H and O–H groups in total. The number of hydrogen-bond acceptors (Lipinski definition) is 6. The van der Waals surface area contributed by atoms with Crippen LogP contribution >= 0.6 is 11.3 Å². The molecule has 2 unspecified atom stereocenters. The average molecular weight is 379 g/mol. The minimum Gasteiger partial charge on any atom is -0.479 e. The number of amides is 1. The molecule has 26 heavy (non-hydrogen) atoms.